The minimum absolute atomic E-state index is 0.0667. The van der Waals surface area contributed by atoms with Crippen LogP contribution in [-0.2, 0) is 0 Å². The lowest BCUT2D eigenvalue weighted by Gasteiger charge is -2.36. The largest absolute Gasteiger partial charge is 0.426 e. The van der Waals surface area contributed by atoms with Crippen molar-refractivity contribution in [2.75, 3.05) is 0 Å². The Bertz CT molecular complexity index is 290. The second-order valence-corrected chi connectivity index (χ2v) is 4.71. The number of hydrogen-bond acceptors (Lipinski definition) is 1. The van der Waals surface area contributed by atoms with E-state index in [4.69, 9.17) is 5.11 Å². The maximum absolute atomic E-state index is 12.5. The highest BCUT2D eigenvalue weighted by atomic mass is 19.4. The van der Waals surface area contributed by atoms with Crippen molar-refractivity contribution in [3.05, 3.63) is 12.2 Å². The first kappa shape index (κ1) is 18.3. The average molecular weight is 292 g/mol. The van der Waals surface area contributed by atoms with Crippen molar-refractivity contribution in [1.82, 2.24) is 0 Å². The van der Waals surface area contributed by atoms with Gasteiger partial charge in [0.2, 0.25) is 0 Å². The van der Waals surface area contributed by atoms with Gasteiger partial charge in [-0.15, -0.1) is 0 Å². The zero-order chi connectivity index (χ0) is 15.5. The SMILES string of the molecule is CCC(C)/C=C/C[C@H](C)C(O)(C(F)(F)F)C(F)(F)F. The summed E-state index contributed by atoms with van der Waals surface area (Å²) in [5.41, 5.74) is -4.68. The van der Waals surface area contributed by atoms with Crippen LogP contribution in [0, 0.1) is 11.8 Å². The molecular formula is C12H18F6O. The molecule has 0 heterocycles. The predicted octanol–water partition coefficient (Wildman–Crippen LogP) is 4.47. The van der Waals surface area contributed by atoms with E-state index < -0.39 is 30.3 Å². The van der Waals surface area contributed by atoms with Gasteiger partial charge in [0.1, 0.15) is 0 Å². The molecule has 0 aromatic carbocycles. The molecule has 0 aliphatic rings. The summed E-state index contributed by atoms with van der Waals surface area (Å²) in [6, 6.07) is 0. The molecule has 0 rings (SSSR count). The molecule has 0 aliphatic heterocycles. The molecule has 0 saturated heterocycles. The highest BCUT2D eigenvalue weighted by Crippen LogP contribution is 2.48. The van der Waals surface area contributed by atoms with E-state index in [1.165, 1.54) is 6.08 Å². The molecule has 1 N–H and O–H groups in total. The number of rotatable bonds is 5. The third kappa shape index (κ3) is 4.12. The van der Waals surface area contributed by atoms with Gasteiger partial charge in [-0.25, -0.2) is 0 Å². The third-order valence-electron chi connectivity index (χ3n) is 3.18. The van der Waals surface area contributed by atoms with Crippen LogP contribution in [0.15, 0.2) is 12.2 Å². The highest BCUT2D eigenvalue weighted by molar-refractivity contribution is 5.01. The number of halogens is 6. The topological polar surface area (TPSA) is 20.2 Å². The summed E-state index contributed by atoms with van der Waals surface area (Å²) < 4.78 is 75.1. The molecule has 1 nitrogen and oxygen atoms in total. The minimum Gasteiger partial charge on any atom is -0.373 e. The fourth-order valence-corrected chi connectivity index (χ4v) is 1.54. The van der Waals surface area contributed by atoms with Crippen molar-refractivity contribution in [3.8, 4) is 0 Å². The van der Waals surface area contributed by atoms with E-state index in [2.05, 4.69) is 0 Å². The van der Waals surface area contributed by atoms with Crippen LogP contribution in [0.2, 0.25) is 0 Å². The lowest BCUT2D eigenvalue weighted by atomic mass is 9.84. The van der Waals surface area contributed by atoms with Crippen LogP contribution in [0.1, 0.15) is 33.6 Å². The molecule has 1 unspecified atom stereocenters. The average Bonchev–Trinajstić information content (AvgIpc) is 2.24. The van der Waals surface area contributed by atoms with E-state index in [0.717, 1.165) is 13.3 Å². The van der Waals surface area contributed by atoms with Crippen molar-refractivity contribution in [3.63, 3.8) is 0 Å². The number of hydrogen-bond donors (Lipinski definition) is 1. The maximum Gasteiger partial charge on any atom is 0.426 e. The molecule has 0 radical (unpaired) electrons. The Morgan fingerprint density at radius 2 is 1.42 bits per heavy atom. The van der Waals surface area contributed by atoms with Crippen molar-refractivity contribution in [2.45, 2.75) is 51.6 Å². The summed E-state index contributed by atoms with van der Waals surface area (Å²) in [5.74, 6) is -1.94. The molecule has 0 aromatic heterocycles. The Morgan fingerprint density at radius 1 is 1.00 bits per heavy atom. The van der Waals surface area contributed by atoms with Gasteiger partial charge >= 0.3 is 12.4 Å². The molecule has 7 heteroatoms. The van der Waals surface area contributed by atoms with Crippen LogP contribution in [0.4, 0.5) is 26.3 Å². The Balaban J connectivity index is 5.07. The molecule has 0 bridgehead atoms. The molecule has 19 heavy (non-hydrogen) atoms. The van der Waals surface area contributed by atoms with Gasteiger partial charge in [-0.2, -0.15) is 26.3 Å². The Labute approximate surface area is 108 Å². The van der Waals surface area contributed by atoms with Crippen LogP contribution in [0.3, 0.4) is 0 Å². The summed E-state index contributed by atoms with van der Waals surface area (Å²) in [4.78, 5) is 0. The minimum atomic E-state index is -5.76. The van der Waals surface area contributed by atoms with Crippen molar-refractivity contribution in [2.24, 2.45) is 11.8 Å². The highest BCUT2D eigenvalue weighted by Gasteiger charge is 2.72. The lowest BCUT2D eigenvalue weighted by molar-refractivity contribution is -0.383. The van der Waals surface area contributed by atoms with E-state index in [0.29, 0.717) is 0 Å². The van der Waals surface area contributed by atoms with E-state index in [1.807, 2.05) is 6.92 Å². The first-order chi connectivity index (χ1) is 8.38. The molecule has 0 aromatic rings. The summed E-state index contributed by atoms with van der Waals surface area (Å²) in [7, 11) is 0. The molecule has 0 spiro atoms. The third-order valence-corrected chi connectivity index (χ3v) is 3.18. The van der Waals surface area contributed by atoms with E-state index in [1.54, 1.807) is 13.0 Å². The molecule has 0 amide bonds. The van der Waals surface area contributed by atoms with Crippen LogP contribution >= 0.6 is 0 Å². The van der Waals surface area contributed by atoms with Gasteiger partial charge in [0, 0.05) is 5.92 Å². The smallest absolute Gasteiger partial charge is 0.373 e. The van der Waals surface area contributed by atoms with Crippen LogP contribution in [0.25, 0.3) is 0 Å². The van der Waals surface area contributed by atoms with E-state index in [-0.39, 0.29) is 5.92 Å². The maximum atomic E-state index is 12.5. The number of aliphatic hydroxyl groups is 1. The van der Waals surface area contributed by atoms with Crippen LogP contribution < -0.4 is 0 Å². The predicted molar refractivity (Wildman–Crippen MR) is 59.4 cm³/mol. The summed E-state index contributed by atoms with van der Waals surface area (Å²) in [5, 5.41) is 9.09. The molecule has 114 valence electrons. The molecular weight excluding hydrogens is 274 g/mol. The molecule has 0 aliphatic carbocycles. The second kappa shape index (κ2) is 6.15. The first-order valence-electron chi connectivity index (χ1n) is 5.90. The monoisotopic (exact) mass is 292 g/mol. The standard InChI is InChI=1S/C12H18F6O/c1-4-8(2)6-5-7-9(3)10(19,11(13,14)15)12(16,17)18/h5-6,8-9,19H,4,7H2,1-3H3/b6-5+/t8?,9-/m0/s1. The van der Waals surface area contributed by atoms with Crippen molar-refractivity contribution < 1.29 is 31.4 Å². The summed E-state index contributed by atoms with van der Waals surface area (Å²) in [6.45, 7) is 4.38. The fourth-order valence-electron chi connectivity index (χ4n) is 1.54. The zero-order valence-corrected chi connectivity index (χ0v) is 10.9. The van der Waals surface area contributed by atoms with E-state index in [9.17, 15) is 26.3 Å². The summed E-state index contributed by atoms with van der Waals surface area (Å²) in [6.07, 6.45) is -8.48. The van der Waals surface area contributed by atoms with Gasteiger partial charge in [-0.1, -0.05) is 39.3 Å². The first-order valence-corrected chi connectivity index (χ1v) is 5.90. The zero-order valence-electron chi connectivity index (χ0n) is 10.9. The van der Waals surface area contributed by atoms with Gasteiger partial charge in [0.05, 0.1) is 0 Å². The molecule has 2 atom stereocenters. The lowest BCUT2D eigenvalue weighted by Crippen LogP contribution is -2.60. The Kier molecular flexibility index (Phi) is 5.92. The second-order valence-electron chi connectivity index (χ2n) is 4.71. The van der Waals surface area contributed by atoms with Crippen molar-refractivity contribution >= 4 is 0 Å². The Morgan fingerprint density at radius 3 is 1.74 bits per heavy atom. The van der Waals surface area contributed by atoms with Gasteiger partial charge in [-0.05, 0) is 12.3 Å². The number of allylic oxidation sites excluding steroid dienone is 2. The number of alkyl halides is 6. The van der Waals surface area contributed by atoms with Gasteiger partial charge in [-0.3, -0.25) is 0 Å². The molecule has 0 saturated carbocycles. The van der Waals surface area contributed by atoms with Gasteiger partial charge < -0.3 is 5.11 Å². The fraction of sp³-hybridized carbons (Fsp3) is 0.833. The normalized spacial score (nSPS) is 17.8. The molecule has 0 fully saturated rings. The quantitative estimate of drug-likeness (QED) is 0.585. The van der Waals surface area contributed by atoms with E-state index >= 15 is 0 Å². The summed E-state index contributed by atoms with van der Waals surface area (Å²) >= 11 is 0. The Hall–Kier alpha value is -0.720. The van der Waals surface area contributed by atoms with Gasteiger partial charge in [0.15, 0.2) is 0 Å². The van der Waals surface area contributed by atoms with Gasteiger partial charge in [0.25, 0.3) is 5.60 Å². The van der Waals surface area contributed by atoms with Crippen molar-refractivity contribution in [1.29, 1.82) is 0 Å². The van der Waals surface area contributed by atoms with Crippen LogP contribution in [0.5, 0.6) is 0 Å². The van der Waals surface area contributed by atoms with Crippen LogP contribution in [-0.4, -0.2) is 23.1 Å².